The lowest BCUT2D eigenvalue weighted by Crippen LogP contribution is -2.30. The first-order chi connectivity index (χ1) is 11.7. The molecule has 0 bridgehead atoms. The summed E-state index contributed by atoms with van der Waals surface area (Å²) < 4.78 is 0. The lowest BCUT2D eigenvalue weighted by atomic mass is 9.97. The number of carbonyl (C=O) groups is 1. The van der Waals surface area contributed by atoms with E-state index in [2.05, 4.69) is 19.1 Å². The van der Waals surface area contributed by atoms with Gasteiger partial charge in [0, 0.05) is 10.6 Å². The van der Waals surface area contributed by atoms with Crippen LogP contribution in [0.25, 0.3) is 0 Å². The van der Waals surface area contributed by atoms with E-state index >= 15 is 0 Å². The largest absolute Gasteiger partial charge is 0.398 e. The van der Waals surface area contributed by atoms with Gasteiger partial charge < -0.3 is 5.73 Å². The molecule has 0 aliphatic heterocycles. The first-order valence-electron chi connectivity index (χ1n) is 9.15. The van der Waals surface area contributed by atoms with Crippen LogP contribution in [0, 0.1) is 0 Å². The predicted octanol–water partition coefficient (Wildman–Crippen LogP) is 4.86. The van der Waals surface area contributed by atoms with Crippen molar-refractivity contribution in [1.82, 2.24) is 5.48 Å². The van der Waals surface area contributed by atoms with Crippen molar-refractivity contribution in [1.29, 1.82) is 0 Å². The van der Waals surface area contributed by atoms with Crippen LogP contribution in [0.2, 0.25) is 0 Å². The zero-order valence-electron chi connectivity index (χ0n) is 14.6. The van der Waals surface area contributed by atoms with E-state index < -0.39 is 0 Å². The van der Waals surface area contributed by atoms with Crippen LogP contribution < -0.4 is 11.2 Å². The summed E-state index contributed by atoms with van der Waals surface area (Å²) in [6, 6.07) is 6.26. The van der Waals surface area contributed by atoms with Gasteiger partial charge >= 0.3 is 0 Å². The first-order valence-corrected chi connectivity index (χ1v) is 10.0. The van der Waals surface area contributed by atoms with Gasteiger partial charge in [-0.05, 0) is 42.9 Å². The van der Waals surface area contributed by atoms with Crippen LogP contribution in [-0.4, -0.2) is 16.4 Å². The van der Waals surface area contributed by atoms with Crippen LogP contribution in [0.5, 0.6) is 0 Å². The summed E-state index contributed by atoms with van der Waals surface area (Å²) in [5.41, 5.74) is 10.1. The molecule has 2 rings (SSSR count). The number of nitrogens with one attached hydrogen (secondary N) is 1. The van der Waals surface area contributed by atoms with Crippen LogP contribution in [0.15, 0.2) is 23.1 Å². The molecule has 0 spiro atoms. The van der Waals surface area contributed by atoms with Crippen molar-refractivity contribution in [3.63, 3.8) is 0 Å². The molecular weight excluding hydrogens is 320 g/mol. The summed E-state index contributed by atoms with van der Waals surface area (Å²) in [5, 5.41) is 8.70. The maximum absolute atomic E-state index is 11.9. The standard InChI is InChI=1S/C19H30N2O2S/c1-2-3-4-5-10-18(19(22)21-23)24-17-12-11-15(13-16(17)20)14-8-6-7-9-14/h11-14,18,23H,2-10,20H2,1H3,(H,21,22). The minimum absolute atomic E-state index is 0.300. The van der Waals surface area contributed by atoms with Gasteiger partial charge in [-0.1, -0.05) is 51.5 Å². The Morgan fingerprint density at radius 1 is 1.33 bits per heavy atom. The Labute approximate surface area is 149 Å². The van der Waals surface area contributed by atoms with Crippen LogP contribution >= 0.6 is 11.8 Å². The number of benzene rings is 1. The van der Waals surface area contributed by atoms with Crippen molar-refractivity contribution in [2.75, 3.05) is 5.73 Å². The average Bonchev–Trinajstić information content (AvgIpc) is 3.12. The molecule has 1 fully saturated rings. The summed E-state index contributed by atoms with van der Waals surface area (Å²) in [6.45, 7) is 2.17. The Morgan fingerprint density at radius 2 is 2.08 bits per heavy atom. The Kier molecular flexibility index (Phi) is 7.92. The molecule has 1 amide bonds. The smallest absolute Gasteiger partial charge is 0.256 e. The Balaban J connectivity index is 2.00. The SMILES string of the molecule is CCCCCCC(Sc1ccc(C2CCCC2)cc1N)C(=O)NO. The highest BCUT2D eigenvalue weighted by Crippen LogP contribution is 2.38. The van der Waals surface area contributed by atoms with Crippen molar-refractivity contribution in [3.8, 4) is 0 Å². The number of unbranched alkanes of at least 4 members (excludes halogenated alkanes) is 3. The third-order valence-corrected chi connectivity index (χ3v) is 6.21. The Morgan fingerprint density at radius 3 is 2.71 bits per heavy atom. The zero-order valence-corrected chi connectivity index (χ0v) is 15.4. The molecule has 5 heteroatoms. The lowest BCUT2D eigenvalue weighted by Gasteiger charge is -2.17. The molecule has 4 nitrogen and oxygen atoms in total. The number of hydrogen-bond acceptors (Lipinski definition) is 4. The number of rotatable bonds is 9. The molecule has 1 unspecified atom stereocenters. The molecule has 0 saturated heterocycles. The van der Waals surface area contributed by atoms with Gasteiger partial charge in [-0.15, -0.1) is 11.8 Å². The molecule has 0 aromatic heterocycles. The molecule has 1 aromatic rings. The van der Waals surface area contributed by atoms with Crippen LogP contribution in [0.1, 0.15) is 76.2 Å². The number of hydrogen-bond donors (Lipinski definition) is 3. The quantitative estimate of drug-likeness (QED) is 0.195. The third kappa shape index (κ3) is 5.42. The third-order valence-electron chi connectivity index (χ3n) is 4.85. The average molecular weight is 351 g/mol. The number of carbonyl (C=O) groups excluding carboxylic acids is 1. The molecule has 1 aliphatic rings. The van der Waals surface area contributed by atoms with Gasteiger partial charge in [-0.2, -0.15) is 0 Å². The van der Waals surface area contributed by atoms with Crippen molar-refractivity contribution >= 4 is 23.4 Å². The molecule has 0 heterocycles. The minimum atomic E-state index is -0.337. The molecular formula is C19H30N2O2S. The van der Waals surface area contributed by atoms with Gasteiger partial charge in [0.1, 0.15) is 0 Å². The summed E-state index contributed by atoms with van der Waals surface area (Å²) >= 11 is 1.46. The second kappa shape index (κ2) is 9.94. The van der Waals surface area contributed by atoms with Gasteiger partial charge in [0.15, 0.2) is 0 Å². The van der Waals surface area contributed by atoms with Gasteiger partial charge in [0.2, 0.25) is 0 Å². The first kappa shape index (κ1) is 19.1. The van der Waals surface area contributed by atoms with Crippen LogP contribution in [0.3, 0.4) is 0 Å². The topological polar surface area (TPSA) is 75.4 Å². The fourth-order valence-electron chi connectivity index (χ4n) is 3.41. The normalized spacial score (nSPS) is 16.2. The summed E-state index contributed by atoms with van der Waals surface area (Å²) in [4.78, 5) is 12.9. The van der Waals surface area contributed by atoms with E-state index in [1.165, 1.54) is 55.9 Å². The Bertz CT molecular complexity index is 530. The predicted molar refractivity (Wildman–Crippen MR) is 100 cm³/mol. The lowest BCUT2D eigenvalue weighted by molar-refractivity contribution is -0.128. The number of amides is 1. The minimum Gasteiger partial charge on any atom is -0.398 e. The Hall–Kier alpha value is -1.20. The van der Waals surface area contributed by atoms with Crippen LogP contribution in [0.4, 0.5) is 5.69 Å². The molecule has 134 valence electrons. The number of nitrogen functional groups attached to an aromatic ring is 1. The van der Waals surface area contributed by atoms with E-state index in [9.17, 15) is 4.79 Å². The summed E-state index contributed by atoms with van der Waals surface area (Å²) in [6.07, 6.45) is 10.3. The van der Waals surface area contributed by atoms with E-state index in [-0.39, 0.29) is 11.2 Å². The highest BCUT2D eigenvalue weighted by molar-refractivity contribution is 8.00. The van der Waals surface area contributed by atoms with E-state index in [0.29, 0.717) is 5.92 Å². The van der Waals surface area contributed by atoms with Gasteiger partial charge in [-0.3, -0.25) is 10.0 Å². The molecule has 4 N–H and O–H groups in total. The highest BCUT2D eigenvalue weighted by atomic mass is 32.2. The highest BCUT2D eigenvalue weighted by Gasteiger charge is 2.22. The maximum Gasteiger partial charge on any atom is 0.256 e. The number of anilines is 1. The fourth-order valence-corrected chi connectivity index (χ4v) is 4.51. The molecule has 0 radical (unpaired) electrons. The number of hydroxylamine groups is 1. The van der Waals surface area contributed by atoms with Crippen molar-refractivity contribution in [2.45, 2.75) is 80.8 Å². The summed E-state index contributed by atoms with van der Waals surface area (Å²) in [7, 11) is 0. The van der Waals surface area contributed by atoms with E-state index in [0.717, 1.165) is 29.8 Å². The molecule has 1 saturated carbocycles. The zero-order chi connectivity index (χ0) is 17.4. The molecule has 24 heavy (non-hydrogen) atoms. The number of nitrogens with two attached hydrogens (primary N) is 1. The van der Waals surface area contributed by atoms with E-state index in [1.54, 1.807) is 5.48 Å². The molecule has 1 atom stereocenters. The summed E-state index contributed by atoms with van der Waals surface area (Å²) in [5.74, 6) is 0.299. The van der Waals surface area contributed by atoms with Gasteiger partial charge in [0.25, 0.3) is 5.91 Å². The fraction of sp³-hybridized carbons (Fsp3) is 0.632. The second-order valence-electron chi connectivity index (χ2n) is 6.71. The number of thioether (sulfide) groups is 1. The second-order valence-corrected chi connectivity index (χ2v) is 7.96. The van der Waals surface area contributed by atoms with Crippen molar-refractivity contribution in [2.24, 2.45) is 0 Å². The maximum atomic E-state index is 11.9. The van der Waals surface area contributed by atoms with Crippen LogP contribution in [-0.2, 0) is 4.79 Å². The van der Waals surface area contributed by atoms with E-state index in [4.69, 9.17) is 10.9 Å². The monoisotopic (exact) mass is 350 g/mol. The molecule has 1 aromatic carbocycles. The van der Waals surface area contributed by atoms with E-state index in [1.807, 2.05) is 6.07 Å². The van der Waals surface area contributed by atoms with Gasteiger partial charge in [0.05, 0.1) is 5.25 Å². The van der Waals surface area contributed by atoms with Gasteiger partial charge in [-0.25, -0.2) is 5.48 Å². The van der Waals surface area contributed by atoms with Crippen molar-refractivity contribution < 1.29 is 10.0 Å². The molecule has 1 aliphatic carbocycles. The van der Waals surface area contributed by atoms with Crippen molar-refractivity contribution in [3.05, 3.63) is 23.8 Å².